The molecule has 1 aliphatic rings. The van der Waals surface area contributed by atoms with Crippen LogP contribution in [0.2, 0.25) is 0 Å². The molecule has 0 saturated carbocycles. The second-order valence-electron chi connectivity index (χ2n) is 6.74. The second-order valence-corrected chi connectivity index (χ2v) is 6.74. The first-order chi connectivity index (χ1) is 9.50. The molecule has 1 fully saturated rings. The van der Waals surface area contributed by atoms with Gasteiger partial charge in [0.2, 0.25) is 5.91 Å². The van der Waals surface area contributed by atoms with Gasteiger partial charge in [-0.1, -0.05) is 13.8 Å². The van der Waals surface area contributed by atoms with Gasteiger partial charge >= 0.3 is 12.0 Å². The van der Waals surface area contributed by atoms with E-state index in [2.05, 4.69) is 5.32 Å². The number of amides is 3. The number of nitrogens with zero attached hydrogens (tertiary/aromatic N) is 1. The minimum absolute atomic E-state index is 0.0286. The van der Waals surface area contributed by atoms with Crippen LogP contribution in [-0.2, 0) is 9.59 Å². The Labute approximate surface area is 124 Å². The Hall–Kier alpha value is -1.79. The van der Waals surface area contributed by atoms with E-state index in [9.17, 15) is 19.5 Å². The smallest absolute Gasteiger partial charge is 0.317 e. The molecule has 120 valence electrons. The number of rotatable bonds is 5. The monoisotopic (exact) mass is 299 g/mol. The molecule has 0 bridgehead atoms. The van der Waals surface area contributed by atoms with Gasteiger partial charge in [-0.25, -0.2) is 4.79 Å². The van der Waals surface area contributed by atoms with E-state index in [-0.39, 0.29) is 24.9 Å². The number of urea groups is 1. The zero-order valence-electron chi connectivity index (χ0n) is 13.1. The second kappa shape index (κ2) is 5.91. The highest BCUT2D eigenvalue weighted by molar-refractivity contribution is 5.81. The fourth-order valence-corrected chi connectivity index (χ4v) is 2.75. The quantitative estimate of drug-likeness (QED) is 0.696. The summed E-state index contributed by atoms with van der Waals surface area (Å²) in [5.41, 5.74) is 3.50. The number of primary amides is 1. The zero-order chi connectivity index (χ0) is 16.4. The van der Waals surface area contributed by atoms with Crippen molar-refractivity contribution in [2.45, 2.75) is 46.1 Å². The van der Waals surface area contributed by atoms with Gasteiger partial charge in [0.1, 0.15) is 0 Å². The van der Waals surface area contributed by atoms with Gasteiger partial charge in [0, 0.05) is 25.0 Å². The number of nitrogens with one attached hydrogen (secondary N) is 1. The number of hydrogen-bond donors (Lipinski definition) is 3. The predicted molar refractivity (Wildman–Crippen MR) is 77.5 cm³/mol. The summed E-state index contributed by atoms with van der Waals surface area (Å²) in [4.78, 5) is 36.3. The molecule has 7 heteroatoms. The van der Waals surface area contributed by atoms with Gasteiger partial charge in [0.05, 0.1) is 5.41 Å². The number of carboxylic acid groups (broad SMARTS) is 1. The Morgan fingerprint density at radius 1 is 1.38 bits per heavy atom. The summed E-state index contributed by atoms with van der Waals surface area (Å²) >= 11 is 0. The van der Waals surface area contributed by atoms with Crippen molar-refractivity contribution in [3.05, 3.63) is 0 Å². The molecule has 0 spiro atoms. The van der Waals surface area contributed by atoms with Crippen LogP contribution in [-0.4, -0.2) is 46.5 Å². The van der Waals surface area contributed by atoms with Crippen molar-refractivity contribution in [1.82, 2.24) is 10.2 Å². The van der Waals surface area contributed by atoms with Crippen LogP contribution in [0.5, 0.6) is 0 Å². The van der Waals surface area contributed by atoms with Crippen molar-refractivity contribution in [3.8, 4) is 0 Å². The van der Waals surface area contributed by atoms with Crippen molar-refractivity contribution < 1.29 is 19.5 Å². The molecule has 21 heavy (non-hydrogen) atoms. The van der Waals surface area contributed by atoms with Gasteiger partial charge in [0.25, 0.3) is 0 Å². The van der Waals surface area contributed by atoms with Crippen molar-refractivity contribution >= 4 is 17.9 Å². The largest absolute Gasteiger partial charge is 0.481 e. The Morgan fingerprint density at radius 3 is 2.33 bits per heavy atom. The molecule has 0 radical (unpaired) electrons. The van der Waals surface area contributed by atoms with Crippen LogP contribution in [0.3, 0.4) is 0 Å². The Kier molecular flexibility index (Phi) is 4.86. The lowest BCUT2D eigenvalue weighted by Gasteiger charge is -2.31. The first kappa shape index (κ1) is 17.3. The lowest BCUT2D eigenvalue weighted by atomic mass is 9.76. The molecule has 0 aromatic rings. The first-order valence-corrected chi connectivity index (χ1v) is 7.09. The molecule has 0 aromatic heterocycles. The third-order valence-electron chi connectivity index (χ3n) is 4.18. The minimum Gasteiger partial charge on any atom is -0.481 e. The molecule has 7 nitrogen and oxygen atoms in total. The molecule has 0 aromatic carbocycles. The highest BCUT2D eigenvalue weighted by atomic mass is 16.4. The van der Waals surface area contributed by atoms with Gasteiger partial charge in [-0.15, -0.1) is 0 Å². The highest BCUT2D eigenvalue weighted by Crippen LogP contribution is 2.38. The third kappa shape index (κ3) is 3.86. The zero-order valence-corrected chi connectivity index (χ0v) is 13.1. The summed E-state index contributed by atoms with van der Waals surface area (Å²) in [5, 5.41) is 12.2. The number of carbonyl (C=O) groups excluding carboxylic acids is 2. The Bertz CT molecular complexity index is 448. The highest BCUT2D eigenvalue weighted by Gasteiger charge is 2.48. The summed E-state index contributed by atoms with van der Waals surface area (Å²) in [6.07, 6.45) is 0.463. The van der Waals surface area contributed by atoms with Gasteiger partial charge < -0.3 is 21.1 Å². The molecule has 1 rings (SSSR count). The van der Waals surface area contributed by atoms with Crippen LogP contribution in [0.1, 0.15) is 40.5 Å². The topological polar surface area (TPSA) is 113 Å². The van der Waals surface area contributed by atoms with E-state index in [1.807, 2.05) is 13.8 Å². The minimum atomic E-state index is -0.898. The van der Waals surface area contributed by atoms with E-state index in [0.29, 0.717) is 13.0 Å². The average Bonchev–Trinajstić information content (AvgIpc) is 2.71. The molecular formula is C14H25N3O4. The van der Waals surface area contributed by atoms with E-state index < -0.39 is 22.8 Å². The van der Waals surface area contributed by atoms with Gasteiger partial charge in [0.15, 0.2) is 0 Å². The van der Waals surface area contributed by atoms with E-state index in [1.165, 1.54) is 4.90 Å². The van der Waals surface area contributed by atoms with Gasteiger partial charge in [-0.3, -0.25) is 9.59 Å². The molecule has 1 unspecified atom stereocenters. The molecule has 1 heterocycles. The number of carboxylic acids is 1. The average molecular weight is 299 g/mol. The first-order valence-electron chi connectivity index (χ1n) is 7.09. The van der Waals surface area contributed by atoms with E-state index in [4.69, 9.17) is 5.73 Å². The van der Waals surface area contributed by atoms with Crippen LogP contribution >= 0.6 is 0 Å². The molecule has 4 N–H and O–H groups in total. The van der Waals surface area contributed by atoms with Crippen molar-refractivity contribution in [3.63, 3.8) is 0 Å². The van der Waals surface area contributed by atoms with E-state index >= 15 is 0 Å². The summed E-state index contributed by atoms with van der Waals surface area (Å²) in [7, 11) is 0. The SMILES string of the molecule is CC(C)C1(C(=O)O)CCN(C(=O)NC(C)(C)CC(N)=O)C1. The maximum absolute atomic E-state index is 12.2. The standard InChI is InChI=1S/C14H25N3O4/c1-9(2)14(11(19)20)5-6-17(8-14)12(21)16-13(3,4)7-10(15)18/h9H,5-8H2,1-4H3,(H2,15,18)(H,16,21)(H,19,20). The molecule has 1 saturated heterocycles. The van der Waals surface area contributed by atoms with Crippen molar-refractivity contribution in [2.75, 3.05) is 13.1 Å². The van der Waals surface area contributed by atoms with E-state index in [1.54, 1.807) is 13.8 Å². The van der Waals surface area contributed by atoms with Crippen LogP contribution in [0, 0.1) is 11.3 Å². The summed E-state index contributed by atoms with van der Waals surface area (Å²) in [5.74, 6) is -1.43. The van der Waals surface area contributed by atoms with Gasteiger partial charge in [-0.05, 0) is 26.2 Å². The molecule has 1 atom stereocenters. The number of carbonyl (C=O) groups is 3. The predicted octanol–water partition coefficient (Wildman–Crippen LogP) is 0.783. The summed E-state index contributed by atoms with van der Waals surface area (Å²) in [6.45, 7) is 7.69. The van der Waals surface area contributed by atoms with Crippen LogP contribution in [0.25, 0.3) is 0 Å². The van der Waals surface area contributed by atoms with Crippen LogP contribution < -0.4 is 11.1 Å². The van der Waals surface area contributed by atoms with Crippen molar-refractivity contribution in [2.24, 2.45) is 17.1 Å². The normalized spacial score (nSPS) is 22.4. The van der Waals surface area contributed by atoms with E-state index in [0.717, 1.165) is 0 Å². The molecule has 1 aliphatic heterocycles. The fourth-order valence-electron chi connectivity index (χ4n) is 2.75. The maximum atomic E-state index is 12.2. The number of aliphatic carboxylic acids is 1. The third-order valence-corrected chi connectivity index (χ3v) is 4.18. The number of likely N-dealkylation sites (tertiary alicyclic amines) is 1. The van der Waals surface area contributed by atoms with Crippen LogP contribution in [0.4, 0.5) is 4.79 Å². The Balaban J connectivity index is 2.74. The van der Waals surface area contributed by atoms with Crippen molar-refractivity contribution in [1.29, 1.82) is 0 Å². The summed E-state index contributed by atoms with van der Waals surface area (Å²) < 4.78 is 0. The summed E-state index contributed by atoms with van der Waals surface area (Å²) in [6, 6.07) is -0.356. The fraction of sp³-hybridized carbons (Fsp3) is 0.786. The molecule has 3 amide bonds. The number of hydrogen-bond acceptors (Lipinski definition) is 3. The lowest BCUT2D eigenvalue weighted by Crippen LogP contribution is -2.52. The van der Waals surface area contributed by atoms with Gasteiger partial charge in [-0.2, -0.15) is 0 Å². The Morgan fingerprint density at radius 2 is 1.95 bits per heavy atom. The molecular weight excluding hydrogens is 274 g/mol. The molecule has 0 aliphatic carbocycles. The maximum Gasteiger partial charge on any atom is 0.317 e. The lowest BCUT2D eigenvalue weighted by molar-refractivity contribution is -0.150. The van der Waals surface area contributed by atoms with Crippen LogP contribution in [0.15, 0.2) is 0 Å². The number of nitrogens with two attached hydrogens (primary N) is 1.